The van der Waals surface area contributed by atoms with Gasteiger partial charge in [0.05, 0.1) is 7.11 Å². The molecular weight excluding hydrogens is 371 g/mol. The van der Waals surface area contributed by atoms with Gasteiger partial charge in [-0.25, -0.2) is 4.39 Å². The average molecular weight is 393 g/mol. The van der Waals surface area contributed by atoms with Crippen molar-refractivity contribution in [2.24, 2.45) is 0 Å². The first kappa shape index (κ1) is 20.7. The zero-order valence-corrected chi connectivity index (χ0v) is 15.8. The Bertz CT molecular complexity index is 781. The van der Waals surface area contributed by atoms with Gasteiger partial charge in [-0.05, 0) is 54.8 Å². The first-order valence-corrected chi connectivity index (χ1v) is 9.00. The van der Waals surface area contributed by atoms with Gasteiger partial charge >= 0.3 is 0 Å². The predicted molar refractivity (Wildman–Crippen MR) is 104 cm³/mol. The van der Waals surface area contributed by atoms with Crippen molar-refractivity contribution in [2.75, 3.05) is 19.0 Å². The number of ether oxygens (including phenoxy) is 1. The molecule has 0 aromatic heterocycles. The summed E-state index contributed by atoms with van der Waals surface area (Å²) in [5.74, 6) is -0.521. The second-order valence-corrected chi connectivity index (χ2v) is 6.41. The van der Waals surface area contributed by atoms with Gasteiger partial charge in [0.1, 0.15) is 0 Å². The van der Waals surface area contributed by atoms with Crippen molar-refractivity contribution >= 4 is 29.1 Å². The van der Waals surface area contributed by atoms with E-state index in [2.05, 4.69) is 10.6 Å². The minimum absolute atomic E-state index is 0.125. The molecule has 0 saturated heterocycles. The summed E-state index contributed by atoms with van der Waals surface area (Å²) in [6.45, 7) is 0.407. The zero-order valence-electron chi connectivity index (χ0n) is 15.1. The highest BCUT2D eigenvalue weighted by Gasteiger charge is 2.07. The third-order valence-corrected chi connectivity index (χ3v) is 4.14. The normalized spacial score (nSPS) is 10.3. The predicted octanol–water partition coefficient (Wildman–Crippen LogP) is 3.96. The lowest BCUT2D eigenvalue weighted by Crippen LogP contribution is -2.25. The van der Waals surface area contributed by atoms with Crippen molar-refractivity contribution in [1.29, 1.82) is 0 Å². The fraction of sp³-hybridized carbons (Fsp3) is 0.300. The third-order valence-electron chi connectivity index (χ3n) is 3.89. The number of rotatable bonds is 9. The van der Waals surface area contributed by atoms with E-state index in [4.69, 9.17) is 16.3 Å². The minimum Gasteiger partial charge on any atom is -0.494 e. The highest BCUT2D eigenvalue weighted by molar-refractivity contribution is 6.30. The van der Waals surface area contributed by atoms with E-state index in [9.17, 15) is 14.0 Å². The highest BCUT2D eigenvalue weighted by atomic mass is 35.5. The number of anilines is 1. The summed E-state index contributed by atoms with van der Waals surface area (Å²) < 4.78 is 18.5. The van der Waals surface area contributed by atoms with Gasteiger partial charge in [-0.2, -0.15) is 0 Å². The van der Waals surface area contributed by atoms with Crippen LogP contribution < -0.4 is 15.4 Å². The third kappa shape index (κ3) is 7.27. The molecule has 0 aliphatic carbocycles. The molecule has 0 heterocycles. The van der Waals surface area contributed by atoms with Gasteiger partial charge in [0, 0.05) is 30.1 Å². The number of carbonyl (C=O) groups is 2. The molecular formula is C20H22ClFN2O3. The van der Waals surface area contributed by atoms with E-state index < -0.39 is 5.82 Å². The SMILES string of the molecule is COc1ccc(CCC(=O)NCCCC(=O)Nc2ccc(Cl)cc2)cc1F. The topological polar surface area (TPSA) is 67.4 Å². The van der Waals surface area contributed by atoms with E-state index in [0.29, 0.717) is 36.5 Å². The summed E-state index contributed by atoms with van der Waals surface area (Å²) in [6.07, 6.45) is 1.52. The Morgan fingerprint density at radius 3 is 2.48 bits per heavy atom. The second-order valence-electron chi connectivity index (χ2n) is 5.98. The van der Waals surface area contributed by atoms with Crippen molar-refractivity contribution in [3.8, 4) is 5.75 Å². The summed E-state index contributed by atoms with van der Waals surface area (Å²) >= 11 is 5.79. The number of nitrogens with one attached hydrogen (secondary N) is 2. The number of amides is 2. The van der Waals surface area contributed by atoms with E-state index in [1.165, 1.54) is 13.2 Å². The Hall–Kier alpha value is -2.60. The van der Waals surface area contributed by atoms with Crippen LogP contribution in [0.1, 0.15) is 24.8 Å². The number of benzene rings is 2. The molecule has 0 atom stereocenters. The maximum atomic E-state index is 13.6. The molecule has 0 unspecified atom stereocenters. The molecule has 0 spiro atoms. The number of aryl methyl sites for hydroxylation is 1. The molecule has 5 nitrogen and oxygen atoms in total. The van der Waals surface area contributed by atoms with Crippen LogP contribution in [0.2, 0.25) is 5.02 Å². The molecule has 2 amide bonds. The van der Waals surface area contributed by atoms with Crippen molar-refractivity contribution in [3.05, 3.63) is 58.9 Å². The quantitative estimate of drug-likeness (QED) is 0.635. The average Bonchev–Trinajstić information content (AvgIpc) is 2.65. The Morgan fingerprint density at radius 1 is 1.07 bits per heavy atom. The monoisotopic (exact) mass is 392 g/mol. The largest absolute Gasteiger partial charge is 0.494 e. The van der Waals surface area contributed by atoms with Gasteiger partial charge < -0.3 is 15.4 Å². The molecule has 0 saturated carbocycles. The van der Waals surface area contributed by atoms with E-state index in [0.717, 1.165) is 5.56 Å². The van der Waals surface area contributed by atoms with Crippen LogP contribution in [0.4, 0.5) is 10.1 Å². The molecule has 2 rings (SSSR count). The summed E-state index contributed by atoms with van der Waals surface area (Å²) in [5, 5.41) is 6.13. The first-order valence-electron chi connectivity index (χ1n) is 8.62. The lowest BCUT2D eigenvalue weighted by Gasteiger charge is -2.07. The molecule has 0 fully saturated rings. The molecule has 144 valence electrons. The van der Waals surface area contributed by atoms with E-state index in [1.807, 2.05) is 0 Å². The molecule has 0 aliphatic heterocycles. The summed E-state index contributed by atoms with van der Waals surface area (Å²) in [5.41, 5.74) is 1.41. The minimum atomic E-state index is -0.442. The van der Waals surface area contributed by atoms with Crippen LogP contribution in [-0.4, -0.2) is 25.5 Å². The highest BCUT2D eigenvalue weighted by Crippen LogP contribution is 2.18. The maximum Gasteiger partial charge on any atom is 0.224 e. The summed E-state index contributed by atoms with van der Waals surface area (Å²) in [7, 11) is 1.40. The van der Waals surface area contributed by atoms with E-state index in [1.54, 1.807) is 36.4 Å². The molecule has 2 N–H and O–H groups in total. The Labute approximate surface area is 162 Å². The summed E-state index contributed by atoms with van der Waals surface area (Å²) in [6, 6.07) is 11.5. The molecule has 2 aromatic rings. The number of hydrogen-bond donors (Lipinski definition) is 2. The number of methoxy groups -OCH3 is 1. The van der Waals surface area contributed by atoms with Gasteiger partial charge in [0.25, 0.3) is 0 Å². The molecule has 27 heavy (non-hydrogen) atoms. The van der Waals surface area contributed by atoms with Gasteiger partial charge in [-0.3, -0.25) is 9.59 Å². The number of hydrogen-bond acceptors (Lipinski definition) is 3. The fourth-order valence-corrected chi connectivity index (χ4v) is 2.57. The molecule has 0 aliphatic rings. The lowest BCUT2D eigenvalue weighted by atomic mass is 10.1. The molecule has 0 radical (unpaired) electrons. The van der Waals surface area contributed by atoms with E-state index in [-0.39, 0.29) is 24.0 Å². The standard InChI is InChI=1S/C20H22ClFN2O3/c1-27-18-10-4-14(13-17(18)22)5-11-19(25)23-12-2-3-20(26)24-16-8-6-15(21)7-9-16/h4,6-10,13H,2-3,5,11-12H2,1H3,(H,23,25)(H,24,26). The lowest BCUT2D eigenvalue weighted by molar-refractivity contribution is -0.121. The second kappa shape index (κ2) is 10.5. The molecule has 0 bridgehead atoms. The van der Waals surface area contributed by atoms with Gasteiger partial charge in [-0.15, -0.1) is 0 Å². The Balaban J connectivity index is 1.62. The van der Waals surface area contributed by atoms with Crippen molar-refractivity contribution in [1.82, 2.24) is 5.32 Å². The summed E-state index contributed by atoms with van der Waals surface area (Å²) in [4.78, 5) is 23.7. The Morgan fingerprint density at radius 2 is 1.81 bits per heavy atom. The number of halogens is 2. The van der Waals surface area contributed by atoms with E-state index >= 15 is 0 Å². The Kier molecular flexibility index (Phi) is 8.07. The van der Waals surface area contributed by atoms with Crippen LogP contribution in [0.15, 0.2) is 42.5 Å². The number of carbonyl (C=O) groups excluding carboxylic acids is 2. The zero-order chi connectivity index (χ0) is 19.6. The van der Waals surface area contributed by atoms with Crippen molar-refractivity contribution in [3.63, 3.8) is 0 Å². The molecule has 7 heteroatoms. The van der Waals surface area contributed by atoms with Crippen LogP contribution in [-0.2, 0) is 16.0 Å². The van der Waals surface area contributed by atoms with Crippen LogP contribution in [0.5, 0.6) is 5.75 Å². The van der Waals surface area contributed by atoms with Crippen LogP contribution in [0.3, 0.4) is 0 Å². The van der Waals surface area contributed by atoms with Gasteiger partial charge in [-0.1, -0.05) is 17.7 Å². The smallest absolute Gasteiger partial charge is 0.224 e. The van der Waals surface area contributed by atoms with Gasteiger partial charge in [0.2, 0.25) is 11.8 Å². The van der Waals surface area contributed by atoms with Crippen LogP contribution >= 0.6 is 11.6 Å². The maximum absolute atomic E-state index is 13.6. The first-order chi connectivity index (χ1) is 13.0. The van der Waals surface area contributed by atoms with Crippen LogP contribution in [0.25, 0.3) is 0 Å². The fourth-order valence-electron chi connectivity index (χ4n) is 2.45. The molecule has 2 aromatic carbocycles. The van der Waals surface area contributed by atoms with Crippen molar-refractivity contribution < 1.29 is 18.7 Å². The van der Waals surface area contributed by atoms with Crippen LogP contribution in [0, 0.1) is 5.82 Å². The van der Waals surface area contributed by atoms with Gasteiger partial charge in [0.15, 0.2) is 11.6 Å². The van der Waals surface area contributed by atoms with Crippen molar-refractivity contribution in [2.45, 2.75) is 25.7 Å².